The minimum absolute atomic E-state index is 0.394. The van der Waals surface area contributed by atoms with E-state index in [1.807, 2.05) is 0 Å². The third-order valence-electron chi connectivity index (χ3n) is 5.56. The molecule has 1 heterocycles. The first-order valence-electron chi connectivity index (χ1n) is 9.35. The molecule has 0 bridgehead atoms. The van der Waals surface area contributed by atoms with Gasteiger partial charge in [0.1, 0.15) is 0 Å². The number of hydrogen-bond donors (Lipinski definition) is 1. The fourth-order valence-corrected chi connectivity index (χ4v) is 4.18. The molecule has 2 aliphatic rings. The first-order valence-corrected chi connectivity index (χ1v) is 9.35. The van der Waals surface area contributed by atoms with Crippen LogP contribution in [0.4, 0.5) is 0 Å². The van der Waals surface area contributed by atoms with Crippen molar-refractivity contribution in [1.82, 2.24) is 10.2 Å². The number of rotatable bonds is 7. The van der Waals surface area contributed by atoms with Crippen LogP contribution in [0.5, 0.6) is 0 Å². The van der Waals surface area contributed by atoms with Gasteiger partial charge >= 0.3 is 0 Å². The number of morpholine rings is 1. The van der Waals surface area contributed by atoms with Gasteiger partial charge in [0.05, 0.1) is 12.7 Å². The third kappa shape index (κ3) is 4.94. The molecule has 1 aliphatic carbocycles. The monoisotopic (exact) mass is 296 g/mol. The standard InChI is InChI=1S/C18H36N2O/c1-4-10-19-18(16-9-7-8-15(5-2)13-16)17-14-20(6-3)11-12-21-17/h15-19H,4-14H2,1-3H3. The van der Waals surface area contributed by atoms with Crippen LogP contribution in [0, 0.1) is 11.8 Å². The molecule has 0 radical (unpaired) electrons. The molecule has 0 aromatic carbocycles. The number of nitrogens with zero attached hydrogens (tertiary/aromatic N) is 1. The van der Waals surface area contributed by atoms with Gasteiger partial charge in [-0.15, -0.1) is 0 Å². The van der Waals surface area contributed by atoms with E-state index >= 15 is 0 Å². The first-order chi connectivity index (χ1) is 10.3. The average Bonchev–Trinajstić information content (AvgIpc) is 2.55. The molecule has 1 saturated carbocycles. The maximum atomic E-state index is 6.19. The summed E-state index contributed by atoms with van der Waals surface area (Å²) in [6, 6.07) is 0.564. The quantitative estimate of drug-likeness (QED) is 0.780. The largest absolute Gasteiger partial charge is 0.374 e. The molecule has 0 aromatic heterocycles. The predicted molar refractivity (Wildman–Crippen MR) is 89.7 cm³/mol. The summed E-state index contributed by atoms with van der Waals surface area (Å²) in [4.78, 5) is 2.55. The molecule has 2 fully saturated rings. The summed E-state index contributed by atoms with van der Waals surface area (Å²) in [5, 5.41) is 3.85. The normalized spacial score (nSPS) is 33.0. The second-order valence-electron chi connectivity index (χ2n) is 6.98. The van der Waals surface area contributed by atoms with Crippen molar-refractivity contribution in [3.8, 4) is 0 Å². The van der Waals surface area contributed by atoms with Crippen LogP contribution in [0.15, 0.2) is 0 Å². The minimum Gasteiger partial charge on any atom is -0.374 e. The Morgan fingerprint density at radius 3 is 2.81 bits per heavy atom. The van der Waals surface area contributed by atoms with Crippen molar-refractivity contribution < 1.29 is 4.74 Å². The molecule has 0 amide bonds. The molecule has 4 unspecified atom stereocenters. The Morgan fingerprint density at radius 2 is 2.10 bits per heavy atom. The highest BCUT2D eigenvalue weighted by atomic mass is 16.5. The third-order valence-corrected chi connectivity index (χ3v) is 5.56. The summed E-state index contributed by atoms with van der Waals surface area (Å²) in [5.41, 5.74) is 0. The van der Waals surface area contributed by atoms with Crippen LogP contribution >= 0.6 is 0 Å². The van der Waals surface area contributed by atoms with E-state index in [-0.39, 0.29) is 0 Å². The van der Waals surface area contributed by atoms with Gasteiger partial charge in [-0.3, -0.25) is 4.90 Å². The molecule has 1 N–H and O–H groups in total. The lowest BCUT2D eigenvalue weighted by molar-refractivity contribution is -0.0598. The second-order valence-corrected chi connectivity index (χ2v) is 6.98. The topological polar surface area (TPSA) is 24.5 Å². The smallest absolute Gasteiger partial charge is 0.0857 e. The maximum Gasteiger partial charge on any atom is 0.0857 e. The molecule has 4 atom stereocenters. The second kappa shape index (κ2) is 9.12. The summed E-state index contributed by atoms with van der Waals surface area (Å²) < 4.78 is 6.19. The fraction of sp³-hybridized carbons (Fsp3) is 1.00. The summed E-state index contributed by atoms with van der Waals surface area (Å²) in [7, 11) is 0. The van der Waals surface area contributed by atoms with Gasteiger partial charge in [-0.05, 0) is 44.2 Å². The van der Waals surface area contributed by atoms with E-state index < -0.39 is 0 Å². The van der Waals surface area contributed by atoms with Crippen LogP contribution in [0.2, 0.25) is 0 Å². The van der Waals surface area contributed by atoms with Crippen molar-refractivity contribution in [2.75, 3.05) is 32.8 Å². The number of likely N-dealkylation sites (N-methyl/N-ethyl adjacent to an activating group) is 1. The summed E-state index contributed by atoms with van der Waals surface area (Å²) in [6.45, 7) is 12.3. The Morgan fingerprint density at radius 1 is 1.24 bits per heavy atom. The lowest BCUT2D eigenvalue weighted by atomic mass is 9.75. The lowest BCUT2D eigenvalue weighted by Gasteiger charge is -2.42. The Labute approximate surface area is 131 Å². The Kier molecular flexibility index (Phi) is 7.48. The molecule has 3 heteroatoms. The molecule has 0 aromatic rings. The molecule has 1 aliphatic heterocycles. The van der Waals surface area contributed by atoms with Gasteiger partial charge in [-0.2, -0.15) is 0 Å². The summed E-state index contributed by atoms with van der Waals surface area (Å²) in [5.74, 6) is 1.76. The fourth-order valence-electron chi connectivity index (χ4n) is 4.18. The molecule has 124 valence electrons. The highest BCUT2D eigenvalue weighted by Gasteiger charge is 2.35. The Hall–Kier alpha value is -0.120. The zero-order valence-electron chi connectivity index (χ0n) is 14.4. The average molecular weight is 296 g/mol. The summed E-state index contributed by atoms with van der Waals surface area (Å²) >= 11 is 0. The van der Waals surface area contributed by atoms with Crippen molar-refractivity contribution in [2.24, 2.45) is 11.8 Å². The number of hydrogen-bond acceptors (Lipinski definition) is 3. The van der Waals surface area contributed by atoms with Gasteiger partial charge < -0.3 is 10.1 Å². The molecule has 2 rings (SSSR count). The Balaban J connectivity index is 1.98. The van der Waals surface area contributed by atoms with Crippen molar-refractivity contribution in [1.29, 1.82) is 0 Å². The van der Waals surface area contributed by atoms with Crippen LogP contribution in [-0.4, -0.2) is 49.8 Å². The van der Waals surface area contributed by atoms with E-state index in [9.17, 15) is 0 Å². The first kappa shape index (κ1) is 17.2. The lowest BCUT2D eigenvalue weighted by Crippen LogP contribution is -2.55. The van der Waals surface area contributed by atoms with E-state index in [0.717, 1.165) is 44.6 Å². The van der Waals surface area contributed by atoms with Crippen molar-refractivity contribution in [3.05, 3.63) is 0 Å². The molecule has 21 heavy (non-hydrogen) atoms. The van der Waals surface area contributed by atoms with Crippen LogP contribution in [0.3, 0.4) is 0 Å². The van der Waals surface area contributed by atoms with E-state index in [1.54, 1.807) is 0 Å². The highest BCUT2D eigenvalue weighted by Crippen LogP contribution is 2.34. The number of nitrogens with one attached hydrogen (secondary N) is 1. The maximum absolute atomic E-state index is 6.19. The molecular weight excluding hydrogens is 260 g/mol. The van der Waals surface area contributed by atoms with E-state index in [0.29, 0.717) is 12.1 Å². The number of ether oxygens (including phenoxy) is 1. The molecule has 3 nitrogen and oxygen atoms in total. The molecule has 1 saturated heterocycles. The van der Waals surface area contributed by atoms with Crippen LogP contribution in [-0.2, 0) is 4.74 Å². The highest BCUT2D eigenvalue weighted by molar-refractivity contribution is 4.90. The van der Waals surface area contributed by atoms with E-state index in [1.165, 1.54) is 38.5 Å². The van der Waals surface area contributed by atoms with Gasteiger partial charge in [-0.25, -0.2) is 0 Å². The summed E-state index contributed by atoms with van der Waals surface area (Å²) in [6.07, 6.45) is 8.62. The van der Waals surface area contributed by atoms with E-state index in [4.69, 9.17) is 4.74 Å². The SMILES string of the molecule is CCCNC(C1CCCC(CC)C1)C1CN(CC)CCO1. The molecule has 0 spiro atoms. The Bertz CT molecular complexity index is 260. The zero-order chi connectivity index (χ0) is 15.1. The van der Waals surface area contributed by atoms with Crippen LogP contribution in [0.1, 0.15) is 59.3 Å². The molecular formula is C18H36N2O. The zero-order valence-corrected chi connectivity index (χ0v) is 14.4. The van der Waals surface area contributed by atoms with Gasteiger partial charge in [0, 0.05) is 19.1 Å². The predicted octanol–water partition coefficient (Wildman–Crippen LogP) is 3.29. The van der Waals surface area contributed by atoms with Gasteiger partial charge in [0.25, 0.3) is 0 Å². The minimum atomic E-state index is 0.394. The van der Waals surface area contributed by atoms with E-state index in [2.05, 4.69) is 31.0 Å². The van der Waals surface area contributed by atoms with Crippen molar-refractivity contribution >= 4 is 0 Å². The van der Waals surface area contributed by atoms with Crippen molar-refractivity contribution in [2.45, 2.75) is 71.4 Å². The van der Waals surface area contributed by atoms with Gasteiger partial charge in [-0.1, -0.05) is 40.0 Å². The van der Waals surface area contributed by atoms with Crippen molar-refractivity contribution in [3.63, 3.8) is 0 Å². The van der Waals surface area contributed by atoms with Gasteiger partial charge in [0.15, 0.2) is 0 Å². The van der Waals surface area contributed by atoms with Gasteiger partial charge in [0.2, 0.25) is 0 Å². The van der Waals surface area contributed by atoms with Crippen LogP contribution in [0.25, 0.3) is 0 Å². The van der Waals surface area contributed by atoms with Crippen LogP contribution < -0.4 is 5.32 Å².